The molecule has 0 radical (unpaired) electrons. The third-order valence-corrected chi connectivity index (χ3v) is 5.99. The zero-order valence-electron chi connectivity index (χ0n) is 12.6. The molecule has 0 aromatic carbocycles. The van der Waals surface area contributed by atoms with Crippen LogP contribution in [0.4, 0.5) is 0 Å². The van der Waals surface area contributed by atoms with Gasteiger partial charge < -0.3 is 4.90 Å². The van der Waals surface area contributed by atoms with Crippen molar-refractivity contribution in [2.45, 2.75) is 44.6 Å². The second-order valence-corrected chi connectivity index (χ2v) is 7.27. The molecule has 1 aliphatic heterocycles. The summed E-state index contributed by atoms with van der Waals surface area (Å²) in [5.74, 6) is 0.946. The van der Waals surface area contributed by atoms with E-state index in [0.29, 0.717) is 6.04 Å². The fraction of sp³-hybridized carbons (Fsp3) is 0.529. The molecule has 2 unspecified atom stereocenters. The maximum Gasteiger partial charge on any atom is 0.255 e. The van der Waals surface area contributed by atoms with Gasteiger partial charge in [-0.25, -0.2) is 4.68 Å². The Morgan fingerprint density at radius 2 is 2.09 bits per heavy atom. The predicted molar refractivity (Wildman–Crippen MR) is 87.5 cm³/mol. The topological polar surface area (TPSA) is 38.1 Å². The van der Waals surface area contributed by atoms with E-state index in [9.17, 15) is 4.79 Å². The molecular formula is C17H21N3OS. The summed E-state index contributed by atoms with van der Waals surface area (Å²) in [6.45, 7) is 0.924. The molecule has 1 saturated carbocycles. The lowest BCUT2D eigenvalue weighted by atomic mass is 9.78. The minimum absolute atomic E-state index is 0.214. The lowest BCUT2D eigenvalue weighted by Crippen LogP contribution is -2.49. The van der Waals surface area contributed by atoms with Gasteiger partial charge in [-0.2, -0.15) is 5.10 Å². The van der Waals surface area contributed by atoms with E-state index in [2.05, 4.69) is 10.00 Å². The number of hydrogen-bond donors (Lipinski definition) is 0. The molecule has 4 rings (SSSR count). The molecule has 116 valence electrons. The third kappa shape index (κ3) is 2.47. The summed E-state index contributed by atoms with van der Waals surface area (Å²) >= 11 is 1.58. The van der Waals surface area contributed by atoms with Gasteiger partial charge in [-0.1, -0.05) is 12.8 Å². The van der Waals surface area contributed by atoms with Crippen LogP contribution in [0.25, 0.3) is 5.00 Å². The molecule has 1 aliphatic carbocycles. The number of aromatic nitrogens is 2. The summed E-state index contributed by atoms with van der Waals surface area (Å²) < 4.78 is 1.82. The van der Waals surface area contributed by atoms with E-state index < -0.39 is 0 Å². The average Bonchev–Trinajstić information content (AvgIpc) is 3.24. The van der Waals surface area contributed by atoms with Gasteiger partial charge in [0.05, 0.1) is 5.56 Å². The third-order valence-electron chi connectivity index (χ3n) is 5.07. The number of amides is 1. The molecule has 1 amide bonds. The molecule has 2 atom stereocenters. The molecule has 22 heavy (non-hydrogen) atoms. The molecule has 3 heterocycles. The Labute approximate surface area is 134 Å². The van der Waals surface area contributed by atoms with Gasteiger partial charge >= 0.3 is 0 Å². The lowest BCUT2D eigenvalue weighted by molar-refractivity contribution is 0.0391. The molecule has 2 aromatic rings. The van der Waals surface area contributed by atoms with E-state index in [0.717, 1.165) is 29.4 Å². The Bertz CT molecular complexity index is 647. The Kier molecular flexibility index (Phi) is 3.74. The van der Waals surface area contributed by atoms with Crippen LogP contribution >= 0.6 is 11.3 Å². The molecule has 1 saturated heterocycles. The normalized spacial score (nSPS) is 25.0. The van der Waals surface area contributed by atoms with E-state index in [1.807, 2.05) is 28.4 Å². The van der Waals surface area contributed by atoms with E-state index in [1.165, 1.54) is 32.1 Å². The van der Waals surface area contributed by atoms with Crippen molar-refractivity contribution in [3.05, 3.63) is 35.5 Å². The van der Waals surface area contributed by atoms with Crippen molar-refractivity contribution < 1.29 is 4.79 Å². The maximum atomic E-state index is 12.9. The molecule has 2 aromatic heterocycles. The van der Waals surface area contributed by atoms with Crippen molar-refractivity contribution in [1.29, 1.82) is 0 Å². The Morgan fingerprint density at radius 3 is 2.95 bits per heavy atom. The van der Waals surface area contributed by atoms with Gasteiger partial charge in [0, 0.05) is 30.4 Å². The Hall–Kier alpha value is -1.62. The molecule has 2 fully saturated rings. The summed E-state index contributed by atoms with van der Waals surface area (Å²) in [6, 6.07) is 4.35. The highest BCUT2D eigenvalue weighted by atomic mass is 32.1. The fourth-order valence-corrected chi connectivity index (χ4v) is 4.83. The first-order chi connectivity index (χ1) is 10.8. The first kappa shape index (κ1) is 14.0. The zero-order valence-corrected chi connectivity index (χ0v) is 13.5. The second kappa shape index (κ2) is 5.88. The van der Waals surface area contributed by atoms with Gasteiger partial charge in [0.15, 0.2) is 0 Å². The highest BCUT2D eigenvalue weighted by Gasteiger charge is 2.36. The van der Waals surface area contributed by atoms with Crippen molar-refractivity contribution in [3.8, 4) is 5.00 Å². The van der Waals surface area contributed by atoms with Gasteiger partial charge in [0.1, 0.15) is 5.00 Å². The van der Waals surface area contributed by atoms with Crippen LogP contribution in [-0.4, -0.2) is 33.2 Å². The van der Waals surface area contributed by atoms with Crippen LogP contribution in [0.1, 0.15) is 48.9 Å². The standard InChI is InChI=1S/C17H21N3OS/c21-17(14-11-16(22-12-14)20-10-4-8-18-20)19-9-3-6-13-5-1-2-7-15(13)19/h4,8,10-13,15H,1-3,5-7,9H2. The minimum Gasteiger partial charge on any atom is -0.335 e. The first-order valence-electron chi connectivity index (χ1n) is 8.22. The average molecular weight is 315 g/mol. The van der Waals surface area contributed by atoms with Gasteiger partial charge in [-0.15, -0.1) is 11.3 Å². The quantitative estimate of drug-likeness (QED) is 0.847. The summed E-state index contributed by atoms with van der Waals surface area (Å²) in [6.07, 6.45) is 11.2. The van der Waals surface area contributed by atoms with Crippen LogP contribution in [0.2, 0.25) is 0 Å². The van der Waals surface area contributed by atoms with E-state index in [-0.39, 0.29) is 5.91 Å². The second-order valence-electron chi connectivity index (χ2n) is 6.38. The molecule has 5 heteroatoms. The number of hydrogen-bond acceptors (Lipinski definition) is 3. The molecule has 0 bridgehead atoms. The highest BCUT2D eigenvalue weighted by Crippen LogP contribution is 2.36. The van der Waals surface area contributed by atoms with Crippen molar-refractivity contribution in [3.63, 3.8) is 0 Å². The predicted octanol–water partition coefficient (Wildman–Crippen LogP) is 3.73. The van der Waals surface area contributed by atoms with Gasteiger partial charge in [0.25, 0.3) is 5.91 Å². The summed E-state index contributed by atoms with van der Waals surface area (Å²) in [7, 11) is 0. The number of nitrogens with zero attached hydrogens (tertiary/aromatic N) is 3. The number of thiophene rings is 1. The van der Waals surface area contributed by atoms with E-state index >= 15 is 0 Å². The van der Waals surface area contributed by atoms with Crippen LogP contribution in [-0.2, 0) is 0 Å². The van der Waals surface area contributed by atoms with Crippen LogP contribution in [0.3, 0.4) is 0 Å². The molecular weight excluding hydrogens is 294 g/mol. The SMILES string of the molecule is O=C(c1csc(-n2cccn2)c1)N1CCCC2CCCCC21. The monoisotopic (exact) mass is 315 g/mol. The first-order valence-corrected chi connectivity index (χ1v) is 9.10. The smallest absolute Gasteiger partial charge is 0.255 e. The Balaban J connectivity index is 1.56. The summed E-state index contributed by atoms with van der Waals surface area (Å²) in [5.41, 5.74) is 0.821. The Morgan fingerprint density at radius 1 is 1.23 bits per heavy atom. The summed E-state index contributed by atoms with van der Waals surface area (Å²) in [5, 5.41) is 7.22. The van der Waals surface area contributed by atoms with Crippen molar-refractivity contribution in [2.24, 2.45) is 5.92 Å². The van der Waals surface area contributed by atoms with Gasteiger partial charge in [0.2, 0.25) is 0 Å². The van der Waals surface area contributed by atoms with E-state index in [4.69, 9.17) is 0 Å². The number of rotatable bonds is 2. The van der Waals surface area contributed by atoms with Gasteiger partial charge in [-0.05, 0) is 43.7 Å². The fourth-order valence-electron chi connectivity index (χ4n) is 4.00. The zero-order chi connectivity index (χ0) is 14.9. The van der Waals surface area contributed by atoms with Crippen molar-refractivity contribution in [2.75, 3.05) is 6.54 Å². The lowest BCUT2D eigenvalue weighted by Gasteiger charge is -2.44. The number of carbonyl (C=O) groups is 1. The molecule has 0 spiro atoms. The van der Waals surface area contributed by atoms with Crippen molar-refractivity contribution >= 4 is 17.2 Å². The number of fused-ring (bicyclic) bond motifs is 1. The van der Waals surface area contributed by atoms with Crippen LogP contribution < -0.4 is 0 Å². The number of carbonyl (C=O) groups excluding carboxylic acids is 1. The van der Waals surface area contributed by atoms with Gasteiger partial charge in [-0.3, -0.25) is 4.79 Å². The van der Waals surface area contributed by atoms with Crippen molar-refractivity contribution in [1.82, 2.24) is 14.7 Å². The van der Waals surface area contributed by atoms with E-state index in [1.54, 1.807) is 17.5 Å². The molecule has 0 N–H and O–H groups in total. The maximum absolute atomic E-state index is 12.9. The van der Waals surface area contributed by atoms with Crippen LogP contribution in [0.15, 0.2) is 29.9 Å². The summed E-state index contributed by atoms with van der Waals surface area (Å²) in [4.78, 5) is 15.1. The van der Waals surface area contributed by atoms with Crippen LogP contribution in [0.5, 0.6) is 0 Å². The largest absolute Gasteiger partial charge is 0.335 e. The highest BCUT2D eigenvalue weighted by molar-refractivity contribution is 7.12. The number of piperidine rings is 1. The minimum atomic E-state index is 0.214. The number of likely N-dealkylation sites (tertiary alicyclic amines) is 1. The molecule has 2 aliphatic rings. The van der Waals surface area contributed by atoms with Crippen LogP contribution in [0, 0.1) is 5.92 Å². The molecule has 4 nitrogen and oxygen atoms in total.